The number of anilines is 1. The highest BCUT2D eigenvalue weighted by Crippen LogP contribution is 2.22. The molecule has 0 unspecified atom stereocenters. The molecule has 142 valence electrons. The number of amides is 2. The fourth-order valence-corrected chi connectivity index (χ4v) is 2.87. The van der Waals surface area contributed by atoms with E-state index in [0.29, 0.717) is 23.3 Å². The molecule has 0 radical (unpaired) electrons. The van der Waals surface area contributed by atoms with Crippen LogP contribution >= 0.6 is 0 Å². The van der Waals surface area contributed by atoms with E-state index in [1.807, 2.05) is 0 Å². The van der Waals surface area contributed by atoms with Gasteiger partial charge in [-0.15, -0.1) is 0 Å². The third kappa shape index (κ3) is 4.39. The third-order valence-corrected chi connectivity index (χ3v) is 4.57. The number of carbonyl (C=O) groups is 1. The topological polar surface area (TPSA) is 76.3 Å². The standard InChI is InChI=1S/C21H25N3O3/c1-21(2,3)15-7-5-14(6-8-15)11-12-22-19(25)23-16-9-10-18-17(13-16)24(4)20(26)27-18/h5-10,13H,11-12H2,1-4H3,(H2,22,23,25). The van der Waals surface area contributed by atoms with Crippen molar-refractivity contribution in [1.29, 1.82) is 0 Å². The van der Waals surface area contributed by atoms with Crippen LogP contribution in [0.1, 0.15) is 31.9 Å². The van der Waals surface area contributed by atoms with Crippen LogP contribution in [0.4, 0.5) is 10.5 Å². The summed E-state index contributed by atoms with van der Waals surface area (Å²) in [5, 5.41) is 5.63. The molecule has 0 saturated carbocycles. The first kappa shape index (κ1) is 18.8. The lowest BCUT2D eigenvalue weighted by Crippen LogP contribution is -2.30. The summed E-state index contributed by atoms with van der Waals surface area (Å²) in [5.74, 6) is -0.427. The number of benzene rings is 2. The highest BCUT2D eigenvalue weighted by Gasteiger charge is 2.13. The molecule has 6 nitrogen and oxygen atoms in total. The molecule has 1 aromatic heterocycles. The molecule has 2 amide bonds. The third-order valence-electron chi connectivity index (χ3n) is 4.57. The van der Waals surface area contributed by atoms with Gasteiger partial charge in [0.1, 0.15) is 0 Å². The zero-order valence-electron chi connectivity index (χ0n) is 16.1. The Morgan fingerprint density at radius 1 is 1.11 bits per heavy atom. The van der Waals surface area contributed by atoms with Gasteiger partial charge in [0, 0.05) is 19.3 Å². The van der Waals surface area contributed by atoms with Crippen molar-refractivity contribution in [1.82, 2.24) is 9.88 Å². The summed E-state index contributed by atoms with van der Waals surface area (Å²) < 4.78 is 6.48. The Balaban J connectivity index is 1.54. The van der Waals surface area contributed by atoms with Crippen molar-refractivity contribution >= 4 is 22.8 Å². The van der Waals surface area contributed by atoms with Crippen LogP contribution in [0.5, 0.6) is 0 Å². The zero-order valence-corrected chi connectivity index (χ0v) is 16.1. The molecular formula is C21H25N3O3. The molecule has 0 atom stereocenters. The van der Waals surface area contributed by atoms with Crippen LogP contribution in [0, 0.1) is 0 Å². The van der Waals surface area contributed by atoms with E-state index >= 15 is 0 Å². The van der Waals surface area contributed by atoms with Crippen LogP contribution < -0.4 is 16.4 Å². The predicted octanol–water partition coefficient (Wildman–Crippen LogP) is 3.79. The van der Waals surface area contributed by atoms with Crippen LogP contribution in [0.15, 0.2) is 51.7 Å². The maximum atomic E-state index is 12.1. The van der Waals surface area contributed by atoms with Gasteiger partial charge in [0.25, 0.3) is 0 Å². The highest BCUT2D eigenvalue weighted by molar-refractivity contribution is 5.91. The van der Waals surface area contributed by atoms with Gasteiger partial charge < -0.3 is 15.1 Å². The van der Waals surface area contributed by atoms with E-state index in [1.54, 1.807) is 25.2 Å². The largest absolute Gasteiger partial charge is 0.419 e. The number of nitrogens with one attached hydrogen (secondary N) is 2. The predicted molar refractivity (Wildman–Crippen MR) is 107 cm³/mol. The molecule has 0 fully saturated rings. The molecule has 1 heterocycles. The van der Waals surface area contributed by atoms with E-state index in [9.17, 15) is 9.59 Å². The molecule has 0 aliphatic rings. The molecule has 0 saturated heterocycles. The van der Waals surface area contributed by atoms with Crippen molar-refractivity contribution in [3.63, 3.8) is 0 Å². The summed E-state index contributed by atoms with van der Waals surface area (Å²) in [7, 11) is 1.63. The minimum Gasteiger partial charge on any atom is -0.408 e. The maximum absolute atomic E-state index is 12.1. The maximum Gasteiger partial charge on any atom is 0.419 e. The number of nitrogens with zero attached hydrogens (tertiary/aromatic N) is 1. The lowest BCUT2D eigenvalue weighted by atomic mass is 9.86. The summed E-state index contributed by atoms with van der Waals surface area (Å²) in [4.78, 5) is 23.6. The Morgan fingerprint density at radius 2 is 1.81 bits per heavy atom. The lowest BCUT2D eigenvalue weighted by molar-refractivity contribution is 0.252. The number of aryl methyl sites for hydroxylation is 1. The smallest absolute Gasteiger partial charge is 0.408 e. The molecule has 2 N–H and O–H groups in total. The van der Waals surface area contributed by atoms with Gasteiger partial charge in [-0.1, -0.05) is 45.0 Å². The number of hydrogen-bond donors (Lipinski definition) is 2. The normalized spacial score (nSPS) is 11.6. The molecule has 6 heteroatoms. The van der Waals surface area contributed by atoms with Gasteiger partial charge in [-0.25, -0.2) is 9.59 Å². The lowest BCUT2D eigenvalue weighted by Gasteiger charge is -2.19. The number of hydrogen-bond acceptors (Lipinski definition) is 3. The van der Waals surface area contributed by atoms with Crippen LogP contribution in [0.25, 0.3) is 11.1 Å². The number of urea groups is 1. The Morgan fingerprint density at radius 3 is 2.48 bits per heavy atom. The van der Waals surface area contributed by atoms with Crippen LogP contribution in [0.2, 0.25) is 0 Å². The van der Waals surface area contributed by atoms with Gasteiger partial charge in [0.05, 0.1) is 5.52 Å². The summed E-state index contributed by atoms with van der Waals surface area (Å²) in [6, 6.07) is 13.3. The molecule has 0 bridgehead atoms. The summed E-state index contributed by atoms with van der Waals surface area (Å²) in [6.45, 7) is 7.10. The molecular weight excluding hydrogens is 342 g/mol. The first-order valence-corrected chi connectivity index (χ1v) is 8.98. The van der Waals surface area contributed by atoms with Crippen molar-refractivity contribution in [2.24, 2.45) is 7.05 Å². The fraction of sp³-hybridized carbons (Fsp3) is 0.333. The van der Waals surface area contributed by atoms with E-state index < -0.39 is 5.76 Å². The van der Waals surface area contributed by atoms with Gasteiger partial charge in [0.2, 0.25) is 0 Å². The van der Waals surface area contributed by atoms with Gasteiger partial charge in [-0.2, -0.15) is 0 Å². The van der Waals surface area contributed by atoms with Crippen LogP contribution in [-0.4, -0.2) is 17.1 Å². The summed E-state index contributed by atoms with van der Waals surface area (Å²) in [6.07, 6.45) is 0.757. The molecule has 27 heavy (non-hydrogen) atoms. The van der Waals surface area contributed by atoms with Crippen molar-refractivity contribution in [3.8, 4) is 0 Å². The second-order valence-corrected chi connectivity index (χ2v) is 7.69. The van der Waals surface area contributed by atoms with Gasteiger partial charge in [0.15, 0.2) is 5.58 Å². The van der Waals surface area contributed by atoms with Crippen LogP contribution in [0.3, 0.4) is 0 Å². The average molecular weight is 367 g/mol. The number of fused-ring (bicyclic) bond motifs is 1. The van der Waals surface area contributed by atoms with Crippen molar-refractivity contribution < 1.29 is 9.21 Å². The Hall–Kier alpha value is -3.02. The van der Waals surface area contributed by atoms with Crippen LogP contribution in [-0.2, 0) is 18.9 Å². The molecule has 0 spiro atoms. The first-order valence-electron chi connectivity index (χ1n) is 8.98. The van der Waals surface area contributed by atoms with Crippen molar-refractivity contribution in [2.45, 2.75) is 32.6 Å². The highest BCUT2D eigenvalue weighted by atomic mass is 16.4. The average Bonchev–Trinajstić information content (AvgIpc) is 2.89. The van der Waals surface area contributed by atoms with E-state index in [1.165, 1.54) is 15.7 Å². The zero-order chi connectivity index (χ0) is 19.6. The fourth-order valence-electron chi connectivity index (χ4n) is 2.87. The monoisotopic (exact) mass is 367 g/mol. The van der Waals surface area contributed by atoms with E-state index in [0.717, 1.165) is 6.42 Å². The van der Waals surface area contributed by atoms with E-state index in [2.05, 4.69) is 55.7 Å². The minimum atomic E-state index is -0.427. The molecule has 2 aromatic carbocycles. The summed E-state index contributed by atoms with van der Waals surface area (Å²) >= 11 is 0. The van der Waals surface area contributed by atoms with Crippen molar-refractivity contribution in [3.05, 3.63) is 64.1 Å². The quantitative estimate of drug-likeness (QED) is 0.736. The molecule has 3 aromatic rings. The van der Waals surface area contributed by atoms with E-state index in [-0.39, 0.29) is 11.4 Å². The SMILES string of the molecule is Cn1c(=O)oc2ccc(NC(=O)NCCc3ccc(C(C)(C)C)cc3)cc21. The first-order chi connectivity index (χ1) is 12.7. The number of aromatic nitrogens is 1. The molecule has 0 aliphatic heterocycles. The molecule has 0 aliphatic carbocycles. The summed E-state index contributed by atoms with van der Waals surface area (Å²) in [5.41, 5.74) is 4.34. The van der Waals surface area contributed by atoms with Gasteiger partial charge in [-0.3, -0.25) is 4.57 Å². The van der Waals surface area contributed by atoms with E-state index in [4.69, 9.17) is 4.42 Å². The Kier molecular flexibility index (Phi) is 5.08. The second kappa shape index (κ2) is 7.31. The number of oxazole rings is 1. The van der Waals surface area contributed by atoms with Gasteiger partial charge in [-0.05, 0) is 41.2 Å². The number of carbonyl (C=O) groups excluding carboxylic acids is 1. The minimum absolute atomic E-state index is 0.135. The Labute approximate surface area is 158 Å². The number of rotatable bonds is 4. The molecule has 3 rings (SSSR count). The second-order valence-electron chi connectivity index (χ2n) is 7.69. The Bertz CT molecular complexity index is 1010. The van der Waals surface area contributed by atoms with Gasteiger partial charge >= 0.3 is 11.8 Å². The van der Waals surface area contributed by atoms with Crippen molar-refractivity contribution in [2.75, 3.05) is 11.9 Å².